The molecule has 6 rings (SSSR count). The van der Waals surface area contributed by atoms with Gasteiger partial charge in [0, 0.05) is 5.92 Å². The first kappa shape index (κ1) is 25.1. The number of rotatable bonds is 2. The second kappa shape index (κ2) is 6.86. The molecule has 1 heterocycles. The highest BCUT2D eigenvalue weighted by Gasteiger charge is 2.84. The Labute approximate surface area is 212 Å². The predicted octanol–water partition coefficient (Wildman–Crippen LogP) is 4.44. The third-order valence-electron chi connectivity index (χ3n) is 13.8. The molecule has 5 aliphatic carbocycles. The molecule has 200 valence electrons. The highest BCUT2D eigenvalue weighted by Crippen LogP contribution is 2.89. The van der Waals surface area contributed by atoms with E-state index in [4.69, 9.17) is 4.74 Å². The van der Waals surface area contributed by atoms with Crippen LogP contribution in [0.4, 0.5) is 0 Å². The highest BCUT2D eigenvalue weighted by atomic mass is 16.5. The van der Waals surface area contributed by atoms with E-state index in [9.17, 15) is 20.4 Å². The molecule has 2 spiro atoms. The van der Waals surface area contributed by atoms with Crippen LogP contribution in [-0.4, -0.2) is 56.0 Å². The Morgan fingerprint density at radius 1 is 0.771 bits per heavy atom. The highest BCUT2D eigenvalue weighted by molar-refractivity contribution is 5.33. The summed E-state index contributed by atoms with van der Waals surface area (Å²) >= 11 is 0. The average Bonchev–Trinajstić information content (AvgIpc) is 3.08. The van der Waals surface area contributed by atoms with E-state index >= 15 is 0 Å². The molecule has 5 saturated carbocycles. The zero-order valence-electron chi connectivity index (χ0n) is 23.1. The van der Waals surface area contributed by atoms with Crippen molar-refractivity contribution in [3.63, 3.8) is 0 Å². The zero-order chi connectivity index (χ0) is 25.6. The van der Waals surface area contributed by atoms with Gasteiger partial charge in [-0.15, -0.1) is 0 Å². The first-order valence-corrected chi connectivity index (χ1v) is 14.4. The summed E-state index contributed by atoms with van der Waals surface area (Å²) in [5.41, 5.74) is -1.35. The Balaban J connectivity index is 1.37. The second-order valence-electron chi connectivity index (χ2n) is 15.9. The first-order chi connectivity index (χ1) is 16.0. The topological polar surface area (TPSA) is 90.2 Å². The molecule has 5 nitrogen and oxygen atoms in total. The van der Waals surface area contributed by atoms with E-state index in [0.29, 0.717) is 5.92 Å². The molecule has 0 aromatic heterocycles. The monoisotopic (exact) mass is 490 g/mol. The maximum absolute atomic E-state index is 11.7. The minimum Gasteiger partial charge on any atom is -0.393 e. The van der Waals surface area contributed by atoms with E-state index in [2.05, 4.69) is 34.6 Å². The quantitative estimate of drug-likeness (QED) is 0.460. The standard InChI is InChI=1S/C30H50O5/c1-24(2)20(33)8-11-30-16-29(30)13-12-26(5)23(28(7)10-9-21(35-28)25(3,4)34)18(32)15-27(26,6)19(29)14-17(31)22(24)30/h17-23,31-34H,8-16H2,1-7H3/t17-,18-,19-,20-,21?,22-,23-,26+,27-,28+,29-,30+/m0/s1. The van der Waals surface area contributed by atoms with Crippen LogP contribution >= 0.6 is 0 Å². The largest absolute Gasteiger partial charge is 0.393 e. The van der Waals surface area contributed by atoms with Gasteiger partial charge in [-0.1, -0.05) is 27.7 Å². The van der Waals surface area contributed by atoms with E-state index in [1.54, 1.807) is 0 Å². The minimum absolute atomic E-state index is 0.0267. The summed E-state index contributed by atoms with van der Waals surface area (Å²) in [6, 6.07) is 0. The molecule has 4 N–H and O–H groups in total. The third kappa shape index (κ3) is 2.78. The number of aliphatic hydroxyl groups excluding tert-OH is 3. The van der Waals surface area contributed by atoms with Crippen LogP contribution in [0.2, 0.25) is 0 Å². The Morgan fingerprint density at radius 2 is 1.46 bits per heavy atom. The van der Waals surface area contributed by atoms with Crippen molar-refractivity contribution < 1.29 is 25.2 Å². The number of ether oxygens (including phenoxy) is 1. The molecule has 0 amide bonds. The van der Waals surface area contributed by atoms with Crippen LogP contribution in [0.15, 0.2) is 0 Å². The van der Waals surface area contributed by atoms with Gasteiger partial charge in [-0.2, -0.15) is 0 Å². The summed E-state index contributed by atoms with van der Waals surface area (Å²) in [5, 5.41) is 45.0. The van der Waals surface area contributed by atoms with Gasteiger partial charge in [-0.3, -0.25) is 0 Å². The molecular formula is C30H50O5. The molecule has 0 aromatic rings. The van der Waals surface area contributed by atoms with Crippen molar-refractivity contribution in [3.8, 4) is 0 Å². The summed E-state index contributed by atoms with van der Waals surface area (Å²) in [5.74, 6) is 0.577. The third-order valence-corrected chi connectivity index (χ3v) is 13.8. The van der Waals surface area contributed by atoms with Gasteiger partial charge in [0.1, 0.15) is 0 Å². The lowest BCUT2D eigenvalue weighted by Gasteiger charge is -2.64. The van der Waals surface area contributed by atoms with Crippen LogP contribution in [0.5, 0.6) is 0 Å². The maximum atomic E-state index is 11.7. The number of aliphatic hydroxyl groups is 4. The van der Waals surface area contributed by atoms with Gasteiger partial charge >= 0.3 is 0 Å². The Kier molecular flexibility index (Phi) is 4.92. The maximum Gasteiger partial charge on any atom is 0.0865 e. The summed E-state index contributed by atoms with van der Waals surface area (Å²) in [4.78, 5) is 0. The van der Waals surface area contributed by atoms with E-state index in [1.807, 2.05) is 13.8 Å². The van der Waals surface area contributed by atoms with Crippen molar-refractivity contribution >= 4 is 0 Å². The fourth-order valence-electron chi connectivity index (χ4n) is 12.1. The van der Waals surface area contributed by atoms with E-state index in [0.717, 1.165) is 51.4 Å². The summed E-state index contributed by atoms with van der Waals surface area (Å²) in [6.45, 7) is 15.0. The lowest BCUT2D eigenvalue weighted by atomic mass is 9.41. The van der Waals surface area contributed by atoms with Crippen LogP contribution in [0.25, 0.3) is 0 Å². The predicted molar refractivity (Wildman–Crippen MR) is 134 cm³/mol. The average molecular weight is 491 g/mol. The first-order valence-electron chi connectivity index (χ1n) is 14.4. The summed E-state index contributed by atoms with van der Waals surface area (Å²) in [6.07, 6.45) is 7.18. The SMILES string of the molecule is CC(C)(O)C1CC[C@](C)([C@H]2[C@@H](O)C[C@@]3(C)[C@@H]4C[C@H](O)[C@H]5C(C)(C)[C@@H](O)CC[C@@]56C[C@@]46CC[C@]23C)O1. The van der Waals surface area contributed by atoms with Crippen LogP contribution in [0.1, 0.15) is 106 Å². The van der Waals surface area contributed by atoms with Crippen molar-refractivity contribution in [3.05, 3.63) is 0 Å². The molecular weight excluding hydrogens is 440 g/mol. The number of fused-ring (bicyclic) bond motifs is 2. The van der Waals surface area contributed by atoms with Gasteiger partial charge in [0.15, 0.2) is 0 Å². The molecule has 1 saturated heterocycles. The van der Waals surface area contributed by atoms with Crippen molar-refractivity contribution in [1.82, 2.24) is 0 Å². The smallest absolute Gasteiger partial charge is 0.0865 e. The van der Waals surface area contributed by atoms with E-state index < -0.39 is 23.4 Å². The lowest BCUT2D eigenvalue weighted by Crippen LogP contribution is -2.62. The molecule has 0 bridgehead atoms. The van der Waals surface area contributed by atoms with Gasteiger partial charge in [0.25, 0.3) is 0 Å². The molecule has 5 heteroatoms. The van der Waals surface area contributed by atoms with Crippen molar-refractivity contribution in [1.29, 1.82) is 0 Å². The van der Waals surface area contributed by atoms with Gasteiger partial charge in [0.2, 0.25) is 0 Å². The molecule has 6 fully saturated rings. The Morgan fingerprint density at radius 3 is 2.09 bits per heavy atom. The summed E-state index contributed by atoms with van der Waals surface area (Å²) < 4.78 is 6.66. The molecule has 35 heavy (non-hydrogen) atoms. The molecule has 1 unspecified atom stereocenters. The molecule has 6 aliphatic rings. The number of hydrogen-bond acceptors (Lipinski definition) is 5. The van der Waals surface area contributed by atoms with Gasteiger partial charge in [-0.05, 0) is 117 Å². The molecule has 12 atom stereocenters. The fraction of sp³-hybridized carbons (Fsp3) is 1.00. The van der Waals surface area contributed by atoms with Crippen LogP contribution in [0, 0.1) is 44.8 Å². The Bertz CT molecular complexity index is 911. The van der Waals surface area contributed by atoms with Crippen LogP contribution in [0.3, 0.4) is 0 Å². The summed E-state index contributed by atoms with van der Waals surface area (Å²) in [7, 11) is 0. The van der Waals surface area contributed by atoms with Crippen LogP contribution < -0.4 is 0 Å². The van der Waals surface area contributed by atoms with Gasteiger partial charge in [0.05, 0.1) is 35.6 Å². The van der Waals surface area contributed by atoms with Gasteiger partial charge < -0.3 is 25.2 Å². The normalized spacial score (nSPS) is 60.9. The molecule has 0 radical (unpaired) electrons. The lowest BCUT2D eigenvalue weighted by molar-refractivity contribution is -0.213. The fourth-order valence-corrected chi connectivity index (χ4v) is 12.1. The van der Waals surface area contributed by atoms with E-state index in [-0.39, 0.29) is 51.1 Å². The van der Waals surface area contributed by atoms with Gasteiger partial charge in [-0.25, -0.2) is 0 Å². The van der Waals surface area contributed by atoms with E-state index in [1.165, 1.54) is 6.42 Å². The number of hydrogen-bond donors (Lipinski definition) is 4. The Hall–Kier alpha value is -0.200. The molecule has 1 aliphatic heterocycles. The van der Waals surface area contributed by atoms with Crippen molar-refractivity contribution in [2.45, 2.75) is 142 Å². The zero-order valence-corrected chi connectivity index (χ0v) is 23.1. The van der Waals surface area contributed by atoms with Crippen molar-refractivity contribution in [2.75, 3.05) is 0 Å². The van der Waals surface area contributed by atoms with Crippen LogP contribution in [-0.2, 0) is 4.74 Å². The molecule has 0 aromatic carbocycles. The second-order valence-corrected chi connectivity index (χ2v) is 15.9. The minimum atomic E-state index is -0.886. The van der Waals surface area contributed by atoms with Crippen molar-refractivity contribution in [2.24, 2.45) is 44.8 Å².